The van der Waals surface area contributed by atoms with E-state index in [1.54, 1.807) is 23.9 Å². The molecule has 214 valence electrons. The molecular formula is C30H49N3O4S. The van der Waals surface area contributed by atoms with Gasteiger partial charge in [0.1, 0.15) is 6.04 Å². The molecule has 3 rings (SSSR count). The zero-order valence-corrected chi connectivity index (χ0v) is 25.0. The molecule has 3 fully saturated rings. The van der Waals surface area contributed by atoms with Crippen LogP contribution in [-0.2, 0) is 14.4 Å². The first-order chi connectivity index (χ1) is 18.0. The average Bonchev–Trinajstić information content (AvgIpc) is 3.44. The minimum absolute atomic E-state index is 0.0335. The van der Waals surface area contributed by atoms with Crippen LogP contribution in [0.4, 0.5) is 0 Å². The van der Waals surface area contributed by atoms with Crippen LogP contribution in [0.3, 0.4) is 0 Å². The maximum atomic E-state index is 14.5. The Labute approximate surface area is 234 Å². The van der Waals surface area contributed by atoms with Crippen LogP contribution >= 0.6 is 11.8 Å². The fraction of sp³-hybridized carbons (Fsp3) is 0.767. The highest BCUT2D eigenvalue weighted by Crippen LogP contribution is 2.69. The van der Waals surface area contributed by atoms with E-state index in [4.69, 9.17) is 5.11 Å². The summed E-state index contributed by atoms with van der Waals surface area (Å²) < 4.78 is -0.610. The number of rotatable bonds is 14. The molecule has 8 heteroatoms. The van der Waals surface area contributed by atoms with Gasteiger partial charge in [0.25, 0.3) is 0 Å². The molecule has 0 aromatic heterocycles. The third-order valence-corrected chi connectivity index (χ3v) is 10.7. The van der Waals surface area contributed by atoms with Gasteiger partial charge in [0, 0.05) is 43.6 Å². The zero-order valence-electron chi connectivity index (χ0n) is 24.2. The third-order valence-electron chi connectivity index (χ3n) is 8.61. The van der Waals surface area contributed by atoms with E-state index in [2.05, 4.69) is 27.0 Å². The number of aliphatic hydroxyl groups is 1. The van der Waals surface area contributed by atoms with Gasteiger partial charge in [0.05, 0.1) is 16.6 Å². The quantitative estimate of drug-likeness (QED) is 0.261. The van der Waals surface area contributed by atoms with E-state index in [1.165, 1.54) is 0 Å². The van der Waals surface area contributed by atoms with Gasteiger partial charge in [0.15, 0.2) is 0 Å². The van der Waals surface area contributed by atoms with E-state index in [1.807, 2.05) is 35.5 Å². The third kappa shape index (κ3) is 5.45. The smallest absolute Gasteiger partial charge is 0.247 e. The van der Waals surface area contributed by atoms with E-state index in [9.17, 15) is 14.4 Å². The van der Waals surface area contributed by atoms with Crippen molar-refractivity contribution >= 4 is 29.5 Å². The van der Waals surface area contributed by atoms with Gasteiger partial charge in [-0.2, -0.15) is 0 Å². The molecule has 0 aromatic carbocycles. The predicted molar refractivity (Wildman–Crippen MR) is 155 cm³/mol. The standard InChI is InChI=1S/C30H49N3O4S/c1-8-15-31(16-9-2)26(35)23-22-20-21(4)30(38-22)24(23)27(36)32(18-13-11-12-14-19-34)25(30)28(37)33(17-10-3)29(5,6)7/h8,10,21-25,34H,1,3,9,11-20H2,2,4-7H3/t21?,22-,23+,24-,25?,30?/m0/s1. The summed E-state index contributed by atoms with van der Waals surface area (Å²) in [5, 5.41) is 9.21. The Morgan fingerprint density at radius 3 is 2.37 bits per heavy atom. The first-order valence-corrected chi connectivity index (χ1v) is 15.3. The summed E-state index contributed by atoms with van der Waals surface area (Å²) in [6, 6.07) is -0.598. The normalized spacial score (nSPS) is 29.9. The number of fused-ring (bicyclic) bond motifs is 1. The van der Waals surface area contributed by atoms with E-state index < -0.39 is 28.2 Å². The highest BCUT2D eigenvalue weighted by molar-refractivity contribution is 8.02. The van der Waals surface area contributed by atoms with E-state index in [0.717, 1.165) is 38.5 Å². The molecule has 6 atom stereocenters. The Bertz CT molecular complexity index is 902. The van der Waals surface area contributed by atoms with Crippen molar-refractivity contribution in [1.82, 2.24) is 14.7 Å². The first kappa shape index (κ1) is 30.7. The number of carbonyl (C=O) groups excluding carboxylic acids is 3. The summed E-state index contributed by atoms with van der Waals surface area (Å²) in [6.07, 6.45) is 8.47. The molecule has 0 radical (unpaired) electrons. The van der Waals surface area contributed by atoms with Crippen LogP contribution in [0.1, 0.15) is 73.1 Å². The fourth-order valence-corrected chi connectivity index (χ4v) is 9.38. The van der Waals surface area contributed by atoms with Crippen molar-refractivity contribution in [3.8, 4) is 0 Å². The highest BCUT2D eigenvalue weighted by atomic mass is 32.2. The summed E-state index contributed by atoms with van der Waals surface area (Å²) in [5.74, 6) is -0.789. The average molecular weight is 548 g/mol. The Kier molecular flexibility index (Phi) is 10.2. The molecule has 3 aliphatic rings. The number of nitrogens with zero attached hydrogens (tertiary/aromatic N) is 3. The van der Waals surface area contributed by atoms with Gasteiger partial charge in [0.2, 0.25) is 17.7 Å². The number of carbonyl (C=O) groups is 3. The van der Waals surface area contributed by atoms with Gasteiger partial charge in [-0.25, -0.2) is 0 Å². The topological polar surface area (TPSA) is 81.2 Å². The second-order valence-corrected chi connectivity index (χ2v) is 13.8. The Balaban J connectivity index is 2.04. The van der Waals surface area contributed by atoms with Crippen molar-refractivity contribution in [2.24, 2.45) is 17.8 Å². The Morgan fingerprint density at radius 2 is 1.79 bits per heavy atom. The summed E-state index contributed by atoms with van der Waals surface area (Å²) in [6.45, 7) is 20.2. The maximum Gasteiger partial charge on any atom is 0.247 e. The second kappa shape index (κ2) is 12.6. The summed E-state index contributed by atoms with van der Waals surface area (Å²) in [4.78, 5) is 48.3. The van der Waals surface area contributed by atoms with Crippen LogP contribution in [-0.4, -0.2) is 91.9 Å². The molecule has 3 amide bonds. The van der Waals surface area contributed by atoms with Gasteiger partial charge >= 0.3 is 0 Å². The number of unbranched alkanes of at least 4 members (excludes halogenated alkanes) is 3. The summed E-state index contributed by atoms with van der Waals surface area (Å²) >= 11 is 1.74. The molecule has 0 aliphatic carbocycles. The summed E-state index contributed by atoms with van der Waals surface area (Å²) in [5.41, 5.74) is -0.433. The monoisotopic (exact) mass is 547 g/mol. The van der Waals surface area contributed by atoms with E-state index in [-0.39, 0.29) is 35.5 Å². The first-order valence-electron chi connectivity index (χ1n) is 14.4. The van der Waals surface area contributed by atoms with Gasteiger partial charge in [-0.15, -0.1) is 24.9 Å². The number of hydrogen-bond donors (Lipinski definition) is 1. The largest absolute Gasteiger partial charge is 0.396 e. The molecular weight excluding hydrogens is 498 g/mol. The number of hydrogen-bond acceptors (Lipinski definition) is 5. The summed E-state index contributed by atoms with van der Waals surface area (Å²) in [7, 11) is 0. The maximum absolute atomic E-state index is 14.5. The molecule has 2 bridgehead atoms. The molecule has 1 spiro atoms. The number of thioether (sulfide) groups is 1. The van der Waals surface area contributed by atoms with Gasteiger partial charge < -0.3 is 19.8 Å². The lowest BCUT2D eigenvalue weighted by Crippen LogP contribution is -2.60. The SMILES string of the molecule is C=CCN(CCC)C(=O)[C@@H]1[C@@H]2CC(C)C3(S2)C(C(=O)N(CC=C)C(C)(C)C)N(CCCCCCO)C(=O)[C@H]13. The lowest BCUT2D eigenvalue weighted by molar-refractivity contribution is -0.146. The van der Waals surface area contributed by atoms with Gasteiger partial charge in [-0.05, 0) is 52.4 Å². The number of amides is 3. The van der Waals surface area contributed by atoms with Crippen LogP contribution in [0.2, 0.25) is 0 Å². The van der Waals surface area contributed by atoms with E-state index >= 15 is 0 Å². The molecule has 0 saturated carbocycles. The van der Waals surface area contributed by atoms with Crippen molar-refractivity contribution in [1.29, 1.82) is 0 Å². The minimum atomic E-state index is -0.610. The second-order valence-electron chi connectivity index (χ2n) is 12.2. The van der Waals surface area contributed by atoms with Crippen molar-refractivity contribution in [3.63, 3.8) is 0 Å². The predicted octanol–water partition coefficient (Wildman–Crippen LogP) is 4.11. The van der Waals surface area contributed by atoms with Crippen LogP contribution < -0.4 is 0 Å². The van der Waals surface area contributed by atoms with E-state index in [0.29, 0.717) is 26.2 Å². The fourth-order valence-electron chi connectivity index (χ4n) is 6.97. The van der Waals surface area contributed by atoms with Crippen molar-refractivity contribution < 1.29 is 19.5 Å². The highest BCUT2D eigenvalue weighted by Gasteiger charge is 2.76. The molecule has 1 N–H and O–H groups in total. The molecule has 3 heterocycles. The Hall–Kier alpha value is -1.80. The molecule has 7 nitrogen and oxygen atoms in total. The molecule has 38 heavy (non-hydrogen) atoms. The molecule has 0 aromatic rings. The minimum Gasteiger partial charge on any atom is -0.396 e. The lowest BCUT2D eigenvalue weighted by Gasteiger charge is -2.44. The number of likely N-dealkylation sites (tertiary alicyclic amines) is 1. The zero-order chi connectivity index (χ0) is 28.3. The molecule has 3 saturated heterocycles. The Morgan fingerprint density at radius 1 is 1.13 bits per heavy atom. The molecule has 3 aliphatic heterocycles. The van der Waals surface area contributed by atoms with Crippen LogP contribution in [0.25, 0.3) is 0 Å². The van der Waals surface area contributed by atoms with Crippen LogP contribution in [0.15, 0.2) is 25.3 Å². The number of aliphatic hydroxyl groups excluding tert-OH is 1. The van der Waals surface area contributed by atoms with Crippen molar-refractivity contribution in [2.75, 3.05) is 32.8 Å². The van der Waals surface area contributed by atoms with Crippen molar-refractivity contribution in [2.45, 2.75) is 94.7 Å². The van der Waals surface area contributed by atoms with Gasteiger partial charge in [-0.3, -0.25) is 14.4 Å². The van der Waals surface area contributed by atoms with Crippen LogP contribution in [0, 0.1) is 17.8 Å². The molecule has 3 unspecified atom stereocenters. The lowest BCUT2D eigenvalue weighted by atomic mass is 9.65. The van der Waals surface area contributed by atoms with Gasteiger partial charge in [-0.1, -0.05) is 38.8 Å². The van der Waals surface area contributed by atoms with Crippen molar-refractivity contribution in [3.05, 3.63) is 25.3 Å². The van der Waals surface area contributed by atoms with Crippen LogP contribution in [0.5, 0.6) is 0 Å².